The van der Waals surface area contributed by atoms with E-state index in [0.29, 0.717) is 16.2 Å². The Morgan fingerprint density at radius 3 is 3.00 bits per heavy atom. The number of H-pyrrole nitrogens is 1. The Balaban J connectivity index is 1.49. The summed E-state index contributed by atoms with van der Waals surface area (Å²) >= 11 is 7.40. The molecule has 1 aliphatic rings. The minimum atomic E-state index is -0.551. The summed E-state index contributed by atoms with van der Waals surface area (Å²) in [5, 5.41) is 3.53. The number of nitrogens with zero attached hydrogens (tertiary/aromatic N) is 1. The number of aromatic nitrogens is 2. The lowest BCUT2D eigenvalue weighted by atomic mass is 9.97. The zero-order valence-electron chi connectivity index (χ0n) is 14.4. The Kier molecular flexibility index (Phi) is 4.97. The highest BCUT2D eigenvalue weighted by Gasteiger charge is 2.20. The number of aryl methyl sites for hydroxylation is 3. The number of carbonyl (C=O) groups excluding carboxylic acids is 1. The highest BCUT2D eigenvalue weighted by molar-refractivity contribution is 7.18. The van der Waals surface area contributed by atoms with Crippen molar-refractivity contribution in [3.8, 4) is 0 Å². The van der Waals surface area contributed by atoms with Gasteiger partial charge in [0.15, 0.2) is 0 Å². The van der Waals surface area contributed by atoms with Crippen LogP contribution < -0.4 is 10.9 Å². The molecular weight excluding hydrogens is 389 g/mol. The molecule has 5 nitrogen and oxygen atoms in total. The number of nitrogens with one attached hydrogen (secondary N) is 2. The summed E-state index contributed by atoms with van der Waals surface area (Å²) in [4.78, 5) is 33.9. The molecule has 0 unspecified atom stereocenters. The lowest BCUT2D eigenvalue weighted by molar-refractivity contribution is -0.116. The molecule has 1 aromatic carbocycles. The summed E-state index contributed by atoms with van der Waals surface area (Å²) in [5.74, 6) is -0.456. The fourth-order valence-corrected chi connectivity index (χ4v) is 4.82. The van der Waals surface area contributed by atoms with Crippen molar-refractivity contribution < 1.29 is 9.18 Å². The van der Waals surface area contributed by atoms with E-state index in [-0.39, 0.29) is 30.0 Å². The molecule has 140 valence electrons. The molecule has 0 aliphatic heterocycles. The maximum absolute atomic E-state index is 13.7. The molecule has 27 heavy (non-hydrogen) atoms. The summed E-state index contributed by atoms with van der Waals surface area (Å²) in [5.41, 5.74) is 1.03. The van der Waals surface area contributed by atoms with Gasteiger partial charge < -0.3 is 10.3 Å². The first-order valence-corrected chi connectivity index (χ1v) is 9.99. The van der Waals surface area contributed by atoms with Crippen LogP contribution in [-0.4, -0.2) is 15.9 Å². The Labute approximate surface area is 163 Å². The molecule has 0 radical (unpaired) electrons. The average molecular weight is 406 g/mol. The van der Waals surface area contributed by atoms with Crippen molar-refractivity contribution >= 4 is 44.7 Å². The predicted molar refractivity (Wildman–Crippen MR) is 105 cm³/mol. The number of thiophene rings is 1. The van der Waals surface area contributed by atoms with Crippen LogP contribution in [0.3, 0.4) is 0 Å². The normalized spacial score (nSPS) is 13.6. The van der Waals surface area contributed by atoms with Gasteiger partial charge in [-0.25, -0.2) is 9.37 Å². The third-order valence-electron chi connectivity index (χ3n) is 4.67. The first-order chi connectivity index (χ1) is 13.0. The van der Waals surface area contributed by atoms with Gasteiger partial charge in [-0.3, -0.25) is 9.59 Å². The van der Waals surface area contributed by atoms with Gasteiger partial charge in [0.05, 0.1) is 11.1 Å². The maximum atomic E-state index is 13.7. The van der Waals surface area contributed by atoms with Crippen molar-refractivity contribution in [3.63, 3.8) is 0 Å². The fraction of sp³-hybridized carbons (Fsp3) is 0.316. The second-order valence-electron chi connectivity index (χ2n) is 6.58. The number of hydrogen-bond acceptors (Lipinski definition) is 4. The molecule has 1 amide bonds. The summed E-state index contributed by atoms with van der Waals surface area (Å²) in [6, 6.07) is 3.97. The lowest BCUT2D eigenvalue weighted by Crippen LogP contribution is -2.17. The molecule has 0 atom stereocenters. The van der Waals surface area contributed by atoms with E-state index < -0.39 is 5.82 Å². The molecule has 0 saturated heterocycles. The van der Waals surface area contributed by atoms with Crippen molar-refractivity contribution in [3.05, 3.63) is 55.7 Å². The molecule has 2 N–H and O–H groups in total. The van der Waals surface area contributed by atoms with Gasteiger partial charge >= 0.3 is 0 Å². The highest BCUT2D eigenvalue weighted by atomic mass is 35.5. The molecule has 0 fully saturated rings. The van der Waals surface area contributed by atoms with Crippen LogP contribution in [0.1, 0.15) is 35.5 Å². The van der Waals surface area contributed by atoms with Crippen LogP contribution in [0.25, 0.3) is 10.2 Å². The van der Waals surface area contributed by atoms with Crippen LogP contribution >= 0.6 is 22.9 Å². The molecule has 2 heterocycles. The molecule has 2 aromatic heterocycles. The standard InChI is InChI=1S/C19H17ClFN3O2S/c20-10-5-6-12(21)13(9-10)22-16(25)8-7-15-23-18(26)17-11-3-1-2-4-14(11)27-19(17)24-15/h5-6,9H,1-4,7-8H2,(H,22,25)(H,23,24,26). The Morgan fingerprint density at radius 1 is 1.33 bits per heavy atom. The van der Waals surface area contributed by atoms with E-state index in [0.717, 1.165) is 36.1 Å². The quantitative estimate of drug-likeness (QED) is 0.682. The zero-order chi connectivity index (χ0) is 19.0. The molecule has 0 saturated carbocycles. The largest absolute Gasteiger partial charge is 0.324 e. The van der Waals surface area contributed by atoms with E-state index in [1.54, 1.807) is 11.3 Å². The molecule has 0 spiro atoms. The average Bonchev–Trinajstić information content (AvgIpc) is 3.02. The van der Waals surface area contributed by atoms with Crippen LogP contribution in [-0.2, 0) is 24.1 Å². The predicted octanol–water partition coefficient (Wildman–Crippen LogP) is 4.23. The third kappa shape index (κ3) is 3.75. The van der Waals surface area contributed by atoms with Gasteiger partial charge in [-0.15, -0.1) is 11.3 Å². The highest BCUT2D eigenvalue weighted by Crippen LogP contribution is 2.33. The summed E-state index contributed by atoms with van der Waals surface area (Å²) in [6.07, 6.45) is 4.50. The Hall–Kier alpha value is -2.25. The first-order valence-electron chi connectivity index (χ1n) is 8.79. The van der Waals surface area contributed by atoms with Crippen LogP contribution in [0.4, 0.5) is 10.1 Å². The topological polar surface area (TPSA) is 74.8 Å². The number of anilines is 1. The van der Waals surface area contributed by atoms with Crippen molar-refractivity contribution in [1.82, 2.24) is 9.97 Å². The van der Waals surface area contributed by atoms with E-state index >= 15 is 0 Å². The monoisotopic (exact) mass is 405 g/mol. The van der Waals surface area contributed by atoms with Gasteiger partial charge in [0.25, 0.3) is 5.56 Å². The number of hydrogen-bond donors (Lipinski definition) is 2. The fourth-order valence-electron chi connectivity index (χ4n) is 3.36. The van der Waals surface area contributed by atoms with Crippen molar-refractivity contribution in [2.75, 3.05) is 5.32 Å². The van der Waals surface area contributed by atoms with Gasteiger partial charge in [-0.2, -0.15) is 0 Å². The van der Waals surface area contributed by atoms with Crippen LogP contribution in [0.5, 0.6) is 0 Å². The van der Waals surface area contributed by atoms with Gasteiger partial charge in [0, 0.05) is 22.7 Å². The number of halogens is 2. The Morgan fingerprint density at radius 2 is 2.15 bits per heavy atom. The third-order valence-corrected chi connectivity index (χ3v) is 6.09. The van der Waals surface area contributed by atoms with Crippen LogP contribution in [0, 0.1) is 5.82 Å². The summed E-state index contributed by atoms with van der Waals surface area (Å²) in [7, 11) is 0. The van der Waals surface area contributed by atoms with Crippen molar-refractivity contribution in [2.24, 2.45) is 0 Å². The number of rotatable bonds is 4. The lowest BCUT2D eigenvalue weighted by Gasteiger charge is -2.09. The molecule has 0 bridgehead atoms. The van der Waals surface area contributed by atoms with Crippen molar-refractivity contribution in [2.45, 2.75) is 38.5 Å². The van der Waals surface area contributed by atoms with Gasteiger partial charge in [-0.1, -0.05) is 11.6 Å². The number of aromatic amines is 1. The van der Waals surface area contributed by atoms with Crippen LogP contribution in [0.2, 0.25) is 5.02 Å². The van der Waals surface area contributed by atoms with E-state index in [1.165, 1.54) is 23.1 Å². The van der Waals surface area contributed by atoms with E-state index in [4.69, 9.17) is 11.6 Å². The molecule has 8 heteroatoms. The number of fused-ring (bicyclic) bond motifs is 3. The van der Waals surface area contributed by atoms with Crippen LogP contribution in [0.15, 0.2) is 23.0 Å². The number of amides is 1. The minimum Gasteiger partial charge on any atom is -0.324 e. The molecular formula is C19H17ClFN3O2S. The molecule has 3 aromatic rings. The van der Waals surface area contributed by atoms with Gasteiger partial charge in [-0.05, 0) is 49.4 Å². The van der Waals surface area contributed by atoms with Gasteiger partial charge in [0.2, 0.25) is 5.91 Å². The van der Waals surface area contributed by atoms with Crippen molar-refractivity contribution in [1.29, 1.82) is 0 Å². The van der Waals surface area contributed by atoms with Gasteiger partial charge in [0.1, 0.15) is 16.5 Å². The van der Waals surface area contributed by atoms with E-state index in [9.17, 15) is 14.0 Å². The summed E-state index contributed by atoms with van der Waals surface area (Å²) < 4.78 is 13.7. The Bertz CT molecular complexity index is 1090. The zero-order valence-corrected chi connectivity index (χ0v) is 16.0. The first kappa shape index (κ1) is 18.1. The maximum Gasteiger partial charge on any atom is 0.259 e. The SMILES string of the molecule is O=C(CCc1nc2sc3c(c2c(=O)[nH]1)CCCC3)Nc1cc(Cl)ccc1F. The van der Waals surface area contributed by atoms with E-state index in [1.807, 2.05) is 0 Å². The summed E-state index contributed by atoms with van der Waals surface area (Å²) in [6.45, 7) is 0. The molecule has 4 rings (SSSR count). The van der Waals surface area contributed by atoms with E-state index in [2.05, 4.69) is 15.3 Å². The second-order valence-corrected chi connectivity index (χ2v) is 8.10. The minimum absolute atomic E-state index is 0.0373. The molecule has 1 aliphatic carbocycles. The number of carbonyl (C=O) groups is 1. The smallest absolute Gasteiger partial charge is 0.259 e. The second kappa shape index (κ2) is 7.40. The number of benzene rings is 1.